The number of hydrogen-bond acceptors (Lipinski definition) is 5. The summed E-state index contributed by atoms with van der Waals surface area (Å²) in [6.07, 6.45) is 5.94. The number of fused-ring (bicyclic) bond motifs is 2. The number of rotatable bonds is 6. The van der Waals surface area contributed by atoms with E-state index in [0.29, 0.717) is 6.61 Å². The van der Waals surface area contributed by atoms with E-state index in [1.165, 1.54) is 19.3 Å². The average Bonchev–Trinajstić information content (AvgIpc) is 2.88. The summed E-state index contributed by atoms with van der Waals surface area (Å²) < 4.78 is 14.4. The summed E-state index contributed by atoms with van der Waals surface area (Å²) in [5, 5.41) is 8.93. The third-order valence-corrected chi connectivity index (χ3v) is 5.12. The summed E-state index contributed by atoms with van der Waals surface area (Å²) in [5.41, 5.74) is 0. The van der Waals surface area contributed by atoms with E-state index < -0.39 is 0 Å². The minimum atomic E-state index is 0.0444. The lowest BCUT2D eigenvalue weighted by Gasteiger charge is -2.31. The Hall–Kier alpha value is -2.08. The Morgan fingerprint density at radius 2 is 2.04 bits per heavy atom. The molecule has 0 saturated heterocycles. The number of nitrogens with zero attached hydrogens (tertiary/aromatic N) is 4. The molecular formula is C20H28N4O2. The van der Waals surface area contributed by atoms with Crippen LogP contribution in [0.3, 0.4) is 0 Å². The van der Waals surface area contributed by atoms with E-state index in [9.17, 15) is 0 Å². The molecule has 2 aromatic rings. The van der Waals surface area contributed by atoms with E-state index in [1.54, 1.807) is 0 Å². The first-order valence-corrected chi connectivity index (χ1v) is 9.85. The first-order valence-electron chi connectivity index (χ1n) is 9.85. The Morgan fingerprint density at radius 1 is 1.15 bits per heavy atom. The Morgan fingerprint density at radius 3 is 2.92 bits per heavy atom. The van der Waals surface area contributed by atoms with E-state index in [-0.39, 0.29) is 6.10 Å². The van der Waals surface area contributed by atoms with Crippen LogP contribution in [0.15, 0.2) is 24.3 Å². The molecule has 2 aliphatic rings. The highest BCUT2D eigenvalue weighted by Gasteiger charge is 2.24. The molecule has 0 spiro atoms. The fourth-order valence-electron chi connectivity index (χ4n) is 3.85. The van der Waals surface area contributed by atoms with E-state index in [4.69, 9.17) is 9.47 Å². The van der Waals surface area contributed by atoms with Crippen molar-refractivity contribution in [2.45, 2.75) is 58.2 Å². The predicted molar refractivity (Wildman–Crippen MR) is 99.5 cm³/mol. The molecule has 0 radical (unpaired) electrons. The lowest BCUT2D eigenvalue weighted by atomic mass is 10.2. The number of ether oxygens (including phenoxy) is 2. The number of para-hydroxylation sites is 2. The van der Waals surface area contributed by atoms with Crippen LogP contribution in [0.25, 0.3) is 0 Å². The van der Waals surface area contributed by atoms with Crippen molar-refractivity contribution in [2.75, 3.05) is 19.7 Å². The van der Waals surface area contributed by atoms with Gasteiger partial charge in [-0.15, -0.1) is 10.2 Å². The SMILES string of the molecule is CCCN(Cc1nnc2n1CCCCC2)CC1COc2ccccc2O1. The Kier molecular flexibility index (Phi) is 5.39. The van der Waals surface area contributed by atoms with E-state index >= 15 is 0 Å². The van der Waals surface area contributed by atoms with Gasteiger partial charge in [-0.1, -0.05) is 25.5 Å². The first kappa shape index (κ1) is 17.3. The zero-order chi connectivity index (χ0) is 17.8. The molecule has 6 nitrogen and oxygen atoms in total. The average molecular weight is 356 g/mol. The summed E-state index contributed by atoms with van der Waals surface area (Å²) in [5.74, 6) is 3.93. The molecule has 0 fully saturated rings. The van der Waals surface area contributed by atoms with Crippen LogP contribution in [0.4, 0.5) is 0 Å². The van der Waals surface area contributed by atoms with Crippen molar-refractivity contribution in [3.05, 3.63) is 35.9 Å². The van der Waals surface area contributed by atoms with Gasteiger partial charge in [0, 0.05) is 19.5 Å². The zero-order valence-electron chi connectivity index (χ0n) is 15.6. The van der Waals surface area contributed by atoms with Gasteiger partial charge in [0.25, 0.3) is 0 Å². The summed E-state index contributed by atoms with van der Waals surface area (Å²) in [7, 11) is 0. The van der Waals surface area contributed by atoms with Crippen LogP contribution in [0.5, 0.6) is 11.5 Å². The standard InChI is InChI=1S/C20H28N4O2/c1-2-11-23(13-16-15-25-17-8-5-6-9-18(17)26-16)14-20-22-21-19-10-4-3-7-12-24(19)20/h5-6,8-9,16H,2-4,7,10-15H2,1H3. The van der Waals surface area contributed by atoms with Gasteiger partial charge < -0.3 is 14.0 Å². The fraction of sp³-hybridized carbons (Fsp3) is 0.600. The highest BCUT2D eigenvalue weighted by Crippen LogP contribution is 2.31. The molecule has 0 N–H and O–H groups in total. The quantitative estimate of drug-likeness (QED) is 0.796. The lowest BCUT2D eigenvalue weighted by Crippen LogP contribution is -2.41. The summed E-state index contributed by atoms with van der Waals surface area (Å²) in [6, 6.07) is 7.90. The molecule has 0 bridgehead atoms. The van der Waals surface area contributed by atoms with Gasteiger partial charge in [0.15, 0.2) is 11.5 Å². The van der Waals surface area contributed by atoms with E-state index in [1.807, 2.05) is 24.3 Å². The van der Waals surface area contributed by atoms with Crippen LogP contribution in [0, 0.1) is 0 Å². The molecule has 6 heteroatoms. The van der Waals surface area contributed by atoms with Gasteiger partial charge in [-0.2, -0.15) is 0 Å². The van der Waals surface area contributed by atoms with Gasteiger partial charge in [-0.25, -0.2) is 0 Å². The highest BCUT2D eigenvalue weighted by atomic mass is 16.6. The molecule has 140 valence electrons. The Balaban J connectivity index is 1.43. The first-order chi connectivity index (χ1) is 12.8. The zero-order valence-corrected chi connectivity index (χ0v) is 15.6. The molecule has 0 aliphatic carbocycles. The van der Waals surface area contributed by atoms with Gasteiger partial charge >= 0.3 is 0 Å². The molecule has 1 aromatic heterocycles. The van der Waals surface area contributed by atoms with Crippen LogP contribution < -0.4 is 9.47 Å². The van der Waals surface area contributed by atoms with Crippen LogP contribution in [-0.4, -0.2) is 45.5 Å². The second-order valence-electron chi connectivity index (χ2n) is 7.23. The molecule has 4 rings (SSSR count). The maximum atomic E-state index is 6.15. The molecule has 1 atom stereocenters. The molecule has 1 unspecified atom stereocenters. The molecule has 3 heterocycles. The molecule has 1 aromatic carbocycles. The minimum absolute atomic E-state index is 0.0444. The van der Waals surface area contributed by atoms with Crippen molar-refractivity contribution in [3.8, 4) is 11.5 Å². The molecule has 0 amide bonds. The lowest BCUT2D eigenvalue weighted by molar-refractivity contribution is 0.0554. The van der Waals surface area contributed by atoms with Crippen molar-refractivity contribution in [1.82, 2.24) is 19.7 Å². The fourth-order valence-corrected chi connectivity index (χ4v) is 3.85. The van der Waals surface area contributed by atoms with Crippen molar-refractivity contribution in [2.24, 2.45) is 0 Å². The third kappa shape index (κ3) is 3.85. The summed E-state index contributed by atoms with van der Waals surface area (Å²) >= 11 is 0. The number of benzene rings is 1. The second kappa shape index (κ2) is 8.08. The monoisotopic (exact) mass is 356 g/mol. The topological polar surface area (TPSA) is 52.4 Å². The molecule has 2 aliphatic heterocycles. The minimum Gasteiger partial charge on any atom is -0.486 e. The highest BCUT2D eigenvalue weighted by molar-refractivity contribution is 5.40. The van der Waals surface area contributed by atoms with Crippen LogP contribution >= 0.6 is 0 Å². The van der Waals surface area contributed by atoms with E-state index in [0.717, 1.165) is 62.2 Å². The van der Waals surface area contributed by atoms with Gasteiger partial charge in [0.05, 0.1) is 6.54 Å². The number of hydrogen-bond donors (Lipinski definition) is 0. The Bertz CT molecular complexity index is 730. The number of aromatic nitrogens is 3. The van der Waals surface area contributed by atoms with Crippen molar-refractivity contribution in [1.29, 1.82) is 0 Å². The van der Waals surface area contributed by atoms with Crippen LogP contribution in [-0.2, 0) is 19.5 Å². The maximum absolute atomic E-state index is 6.15. The summed E-state index contributed by atoms with van der Waals surface area (Å²) in [4.78, 5) is 2.42. The van der Waals surface area contributed by atoms with Gasteiger partial charge in [-0.05, 0) is 37.9 Å². The molecule has 26 heavy (non-hydrogen) atoms. The third-order valence-electron chi connectivity index (χ3n) is 5.12. The van der Waals surface area contributed by atoms with Gasteiger partial charge in [0.1, 0.15) is 24.4 Å². The van der Waals surface area contributed by atoms with Crippen LogP contribution in [0.2, 0.25) is 0 Å². The van der Waals surface area contributed by atoms with Crippen molar-refractivity contribution < 1.29 is 9.47 Å². The molecular weight excluding hydrogens is 328 g/mol. The normalized spacial score (nSPS) is 19.2. The Labute approximate surface area is 155 Å². The maximum Gasteiger partial charge on any atom is 0.161 e. The van der Waals surface area contributed by atoms with Gasteiger partial charge in [0.2, 0.25) is 0 Å². The summed E-state index contributed by atoms with van der Waals surface area (Å²) in [6.45, 7) is 6.53. The van der Waals surface area contributed by atoms with E-state index in [2.05, 4.69) is 26.6 Å². The van der Waals surface area contributed by atoms with Gasteiger partial charge in [-0.3, -0.25) is 4.90 Å². The molecule has 0 saturated carbocycles. The number of aryl methyl sites for hydroxylation is 1. The smallest absolute Gasteiger partial charge is 0.161 e. The van der Waals surface area contributed by atoms with Crippen molar-refractivity contribution >= 4 is 0 Å². The second-order valence-corrected chi connectivity index (χ2v) is 7.23. The van der Waals surface area contributed by atoms with Crippen LogP contribution in [0.1, 0.15) is 44.3 Å². The van der Waals surface area contributed by atoms with Crippen molar-refractivity contribution in [3.63, 3.8) is 0 Å². The predicted octanol–water partition coefficient (Wildman–Crippen LogP) is 3.06. The largest absolute Gasteiger partial charge is 0.486 e.